The van der Waals surface area contributed by atoms with Crippen molar-refractivity contribution in [2.24, 2.45) is 5.92 Å². The average molecular weight is 325 g/mol. The Labute approximate surface area is 142 Å². The van der Waals surface area contributed by atoms with Crippen LogP contribution in [0.5, 0.6) is 5.75 Å². The predicted molar refractivity (Wildman–Crippen MR) is 90.5 cm³/mol. The van der Waals surface area contributed by atoms with Crippen LogP contribution in [0.1, 0.15) is 24.8 Å². The Morgan fingerprint density at radius 1 is 1.29 bits per heavy atom. The van der Waals surface area contributed by atoms with Gasteiger partial charge in [0.05, 0.1) is 18.2 Å². The van der Waals surface area contributed by atoms with Crippen molar-refractivity contribution >= 4 is 0 Å². The van der Waals surface area contributed by atoms with Crippen LogP contribution in [0.25, 0.3) is 0 Å². The molecule has 1 saturated heterocycles. The molecular formula is C18H23N5O. The highest BCUT2D eigenvalue weighted by molar-refractivity contribution is 5.34. The van der Waals surface area contributed by atoms with Gasteiger partial charge < -0.3 is 9.64 Å². The smallest absolute Gasteiger partial charge is 0.137 e. The molecule has 0 amide bonds. The van der Waals surface area contributed by atoms with Gasteiger partial charge in [-0.05, 0) is 56.0 Å². The number of rotatable bonds is 7. The summed E-state index contributed by atoms with van der Waals surface area (Å²) >= 11 is 0. The van der Waals surface area contributed by atoms with Crippen molar-refractivity contribution in [3.05, 3.63) is 42.5 Å². The number of ether oxygens (including phenoxy) is 1. The van der Waals surface area contributed by atoms with Crippen LogP contribution in [-0.2, 0) is 6.54 Å². The minimum Gasteiger partial charge on any atom is -0.494 e. The molecule has 3 rings (SSSR count). The van der Waals surface area contributed by atoms with Crippen molar-refractivity contribution in [1.29, 1.82) is 5.26 Å². The van der Waals surface area contributed by atoms with Gasteiger partial charge >= 0.3 is 0 Å². The van der Waals surface area contributed by atoms with E-state index in [1.807, 2.05) is 16.8 Å². The maximum Gasteiger partial charge on any atom is 0.137 e. The largest absolute Gasteiger partial charge is 0.494 e. The van der Waals surface area contributed by atoms with Crippen molar-refractivity contribution in [1.82, 2.24) is 19.7 Å². The summed E-state index contributed by atoms with van der Waals surface area (Å²) in [6.45, 7) is 5.01. The van der Waals surface area contributed by atoms with Crippen molar-refractivity contribution in [2.45, 2.75) is 25.8 Å². The van der Waals surface area contributed by atoms with Crippen molar-refractivity contribution in [3.63, 3.8) is 0 Å². The molecule has 24 heavy (non-hydrogen) atoms. The number of likely N-dealkylation sites (tertiary alicyclic amines) is 1. The van der Waals surface area contributed by atoms with Gasteiger partial charge in [-0.25, -0.2) is 4.98 Å². The fourth-order valence-corrected chi connectivity index (χ4v) is 3.20. The molecule has 0 N–H and O–H groups in total. The van der Waals surface area contributed by atoms with Crippen molar-refractivity contribution < 1.29 is 4.74 Å². The van der Waals surface area contributed by atoms with Crippen LogP contribution in [-0.4, -0.2) is 45.9 Å². The zero-order valence-corrected chi connectivity index (χ0v) is 13.8. The van der Waals surface area contributed by atoms with Crippen LogP contribution < -0.4 is 4.74 Å². The number of piperidine rings is 1. The molecule has 0 unspecified atom stereocenters. The molecule has 0 spiro atoms. The molecule has 0 saturated carbocycles. The van der Waals surface area contributed by atoms with Crippen LogP contribution in [0.2, 0.25) is 0 Å². The van der Waals surface area contributed by atoms with E-state index in [4.69, 9.17) is 10.00 Å². The first-order valence-corrected chi connectivity index (χ1v) is 8.51. The maximum atomic E-state index is 8.78. The highest BCUT2D eigenvalue weighted by Crippen LogP contribution is 2.18. The van der Waals surface area contributed by atoms with E-state index in [1.54, 1.807) is 24.8 Å². The number of benzene rings is 1. The highest BCUT2D eigenvalue weighted by atomic mass is 16.5. The Hall–Kier alpha value is -2.39. The van der Waals surface area contributed by atoms with Crippen LogP contribution in [0.15, 0.2) is 36.9 Å². The third-order valence-electron chi connectivity index (χ3n) is 4.39. The summed E-state index contributed by atoms with van der Waals surface area (Å²) in [7, 11) is 0. The summed E-state index contributed by atoms with van der Waals surface area (Å²) in [5, 5.41) is 13.0. The van der Waals surface area contributed by atoms with Gasteiger partial charge in [-0.15, -0.1) is 0 Å². The molecule has 1 aliphatic rings. The lowest BCUT2D eigenvalue weighted by molar-refractivity contribution is 0.150. The topological polar surface area (TPSA) is 67.0 Å². The number of aromatic nitrogens is 3. The Morgan fingerprint density at radius 3 is 2.92 bits per heavy atom. The SMILES string of the molecule is N#Cc1ccc(OCCCN2CCC[C@@H](Cn3cncn3)C2)cc1. The molecule has 0 bridgehead atoms. The second-order valence-electron chi connectivity index (χ2n) is 6.26. The predicted octanol–water partition coefficient (Wildman–Crippen LogP) is 2.33. The monoisotopic (exact) mass is 325 g/mol. The Balaban J connectivity index is 1.36. The summed E-state index contributed by atoms with van der Waals surface area (Å²) in [4.78, 5) is 6.53. The van der Waals surface area contributed by atoms with Crippen LogP contribution in [0.3, 0.4) is 0 Å². The third-order valence-corrected chi connectivity index (χ3v) is 4.39. The number of hydrogen-bond acceptors (Lipinski definition) is 5. The second-order valence-corrected chi connectivity index (χ2v) is 6.26. The molecule has 6 nitrogen and oxygen atoms in total. The lowest BCUT2D eigenvalue weighted by Crippen LogP contribution is -2.38. The lowest BCUT2D eigenvalue weighted by Gasteiger charge is -2.32. The molecule has 1 atom stereocenters. The molecule has 0 aliphatic carbocycles. The summed E-state index contributed by atoms with van der Waals surface area (Å²) in [5.41, 5.74) is 0.661. The van der Waals surface area contributed by atoms with Crippen LogP contribution >= 0.6 is 0 Å². The summed E-state index contributed by atoms with van der Waals surface area (Å²) in [5.74, 6) is 1.48. The number of nitrogens with zero attached hydrogens (tertiary/aromatic N) is 5. The van der Waals surface area contributed by atoms with E-state index in [0.717, 1.165) is 31.8 Å². The van der Waals surface area contributed by atoms with Gasteiger partial charge in [0.2, 0.25) is 0 Å². The van der Waals surface area contributed by atoms with E-state index in [1.165, 1.54) is 19.4 Å². The summed E-state index contributed by atoms with van der Waals surface area (Å²) in [6.07, 6.45) is 6.91. The molecule has 2 heterocycles. The quantitative estimate of drug-likeness (QED) is 0.731. The zero-order valence-electron chi connectivity index (χ0n) is 13.8. The van der Waals surface area contributed by atoms with Gasteiger partial charge in [0, 0.05) is 19.6 Å². The Morgan fingerprint density at radius 2 is 2.17 bits per heavy atom. The fourth-order valence-electron chi connectivity index (χ4n) is 3.20. The first-order valence-electron chi connectivity index (χ1n) is 8.51. The normalized spacial score (nSPS) is 18.2. The molecule has 1 fully saturated rings. The number of hydrogen-bond donors (Lipinski definition) is 0. The first kappa shape index (κ1) is 16.5. The van der Waals surface area contributed by atoms with Crippen molar-refractivity contribution in [2.75, 3.05) is 26.2 Å². The van der Waals surface area contributed by atoms with E-state index in [-0.39, 0.29) is 0 Å². The fraction of sp³-hybridized carbons (Fsp3) is 0.500. The second kappa shape index (κ2) is 8.46. The van der Waals surface area contributed by atoms with Crippen molar-refractivity contribution in [3.8, 4) is 11.8 Å². The molecule has 126 valence electrons. The summed E-state index contributed by atoms with van der Waals surface area (Å²) < 4.78 is 7.68. The standard InChI is InChI=1S/C18H23N5O/c19-11-16-4-6-18(7-5-16)24-10-2-9-22-8-1-3-17(12-22)13-23-15-20-14-21-23/h4-7,14-15,17H,1-3,8-10,12-13H2/t17-/m1/s1. The lowest BCUT2D eigenvalue weighted by atomic mass is 9.98. The Kier molecular flexibility index (Phi) is 5.80. The Bertz CT molecular complexity index is 647. The third kappa shape index (κ3) is 4.80. The van der Waals surface area contributed by atoms with Gasteiger partial charge in [0.15, 0.2) is 0 Å². The van der Waals surface area contributed by atoms with Gasteiger partial charge in [-0.1, -0.05) is 0 Å². The molecule has 0 radical (unpaired) electrons. The number of nitriles is 1. The minimum absolute atomic E-state index is 0.653. The van der Waals surface area contributed by atoms with Crippen LogP contribution in [0.4, 0.5) is 0 Å². The molecule has 6 heteroatoms. The molecule has 1 aromatic carbocycles. The van der Waals surface area contributed by atoms with Gasteiger partial charge in [-0.3, -0.25) is 4.68 Å². The maximum absolute atomic E-state index is 8.78. The molecular weight excluding hydrogens is 302 g/mol. The van der Waals surface area contributed by atoms with Gasteiger partial charge in [0.25, 0.3) is 0 Å². The van der Waals surface area contributed by atoms with E-state index in [0.29, 0.717) is 18.1 Å². The van der Waals surface area contributed by atoms with E-state index < -0.39 is 0 Å². The van der Waals surface area contributed by atoms with E-state index in [9.17, 15) is 0 Å². The van der Waals surface area contributed by atoms with Gasteiger partial charge in [-0.2, -0.15) is 10.4 Å². The minimum atomic E-state index is 0.653. The average Bonchev–Trinajstić information content (AvgIpc) is 3.13. The molecule has 1 aromatic heterocycles. The summed E-state index contributed by atoms with van der Waals surface area (Å²) in [6, 6.07) is 9.39. The molecule has 1 aliphatic heterocycles. The van der Waals surface area contributed by atoms with E-state index >= 15 is 0 Å². The highest BCUT2D eigenvalue weighted by Gasteiger charge is 2.20. The zero-order chi connectivity index (χ0) is 16.6. The first-order chi connectivity index (χ1) is 11.8. The van der Waals surface area contributed by atoms with E-state index in [2.05, 4.69) is 21.1 Å². The molecule has 2 aromatic rings. The van der Waals surface area contributed by atoms with Crippen LogP contribution in [0, 0.1) is 17.2 Å². The van der Waals surface area contributed by atoms with Gasteiger partial charge in [0.1, 0.15) is 18.4 Å².